The molecule has 0 unspecified atom stereocenters. The van der Waals surface area contributed by atoms with Crippen LogP contribution in [0.25, 0.3) is 0 Å². The van der Waals surface area contributed by atoms with E-state index < -0.39 is 0 Å². The molecule has 0 saturated carbocycles. The van der Waals surface area contributed by atoms with Crippen molar-refractivity contribution in [2.45, 2.75) is 32.7 Å². The molecule has 0 fully saturated rings. The molecule has 1 N–H and O–H groups in total. The average molecular weight is 235 g/mol. The molecule has 2 aromatic heterocycles. The average Bonchev–Trinajstić information content (AvgIpc) is 2.89. The molecule has 0 amide bonds. The van der Waals surface area contributed by atoms with E-state index in [0.717, 1.165) is 29.6 Å². The normalized spacial score (nSPS) is 14.1. The number of nitrogens with zero attached hydrogens (tertiary/aromatic N) is 2. The van der Waals surface area contributed by atoms with Gasteiger partial charge in [0.15, 0.2) is 5.82 Å². The number of hydrogen-bond acceptors (Lipinski definition) is 5. The van der Waals surface area contributed by atoms with E-state index in [9.17, 15) is 0 Å². The zero-order valence-electron chi connectivity index (χ0n) is 9.12. The summed E-state index contributed by atoms with van der Waals surface area (Å²) in [5.41, 5.74) is 1.30. The lowest BCUT2D eigenvalue weighted by Crippen LogP contribution is -1.99. The van der Waals surface area contributed by atoms with Crippen molar-refractivity contribution in [2.24, 2.45) is 0 Å². The van der Waals surface area contributed by atoms with Gasteiger partial charge in [-0.05, 0) is 26.2 Å². The predicted octanol–water partition coefficient (Wildman–Crippen LogP) is 2.54. The molecule has 4 nitrogen and oxygen atoms in total. The number of aryl methyl sites for hydroxylation is 3. The highest BCUT2D eigenvalue weighted by atomic mass is 32.1. The predicted molar refractivity (Wildman–Crippen MR) is 62.7 cm³/mol. The lowest BCUT2D eigenvalue weighted by molar-refractivity contribution is 0.399. The van der Waals surface area contributed by atoms with Crippen LogP contribution in [0.5, 0.6) is 0 Å². The summed E-state index contributed by atoms with van der Waals surface area (Å²) in [6, 6.07) is 1.89. The van der Waals surface area contributed by atoms with Crippen LogP contribution < -0.4 is 5.32 Å². The number of thiazole rings is 1. The van der Waals surface area contributed by atoms with Gasteiger partial charge in [0.2, 0.25) is 0 Å². The molecule has 1 aliphatic rings. The highest BCUT2D eigenvalue weighted by Crippen LogP contribution is 2.27. The molecule has 0 bridgehead atoms. The summed E-state index contributed by atoms with van der Waals surface area (Å²) in [6.45, 7) is 2.62. The van der Waals surface area contributed by atoms with Crippen LogP contribution in [0.1, 0.15) is 27.8 Å². The molecular formula is C11H13N3OS. The summed E-state index contributed by atoms with van der Waals surface area (Å²) < 4.78 is 4.98. The monoisotopic (exact) mass is 235 g/mol. The number of aromatic nitrogens is 2. The molecule has 0 saturated heterocycles. The van der Waals surface area contributed by atoms with Gasteiger partial charge in [-0.1, -0.05) is 5.16 Å². The Bertz CT molecular complexity index is 482. The van der Waals surface area contributed by atoms with Crippen LogP contribution in [0.2, 0.25) is 0 Å². The second-order valence-electron chi connectivity index (χ2n) is 4.01. The molecule has 0 radical (unpaired) electrons. The Morgan fingerprint density at radius 3 is 3.19 bits per heavy atom. The molecule has 0 spiro atoms. The summed E-state index contributed by atoms with van der Waals surface area (Å²) in [7, 11) is 0. The maximum Gasteiger partial charge on any atom is 0.169 e. The van der Waals surface area contributed by atoms with Gasteiger partial charge < -0.3 is 9.84 Å². The third-order valence-corrected chi connectivity index (χ3v) is 3.85. The van der Waals surface area contributed by atoms with Gasteiger partial charge >= 0.3 is 0 Å². The van der Waals surface area contributed by atoms with Crippen LogP contribution in [-0.2, 0) is 19.4 Å². The number of rotatable bonds is 3. The zero-order chi connectivity index (χ0) is 11.0. The van der Waals surface area contributed by atoms with Crippen molar-refractivity contribution in [2.75, 3.05) is 5.32 Å². The molecule has 0 atom stereocenters. The van der Waals surface area contributed by atoms with Crippen molar-refractivity contribution in [3.63, 3.8) is 0 Å². The van der Waals surface area contributed by atoms with E-state index in [0.29, 0.717) is 0 Å². The van der Waals surface area contributed by atoms with Crippen molar-refractivity contribution in [1.29, 1.82) is 0 Å². The van der Waals surface area contributed by atoms with E-state index >= 15 is 0 Å². The molecule has 3 rings (SSSR count). The minimum Gasteiger partial charge on any atom is -0.361 e. The molecule has 0 aliphatic heterocycles. The number of hydrogen-bond donors (Lipinski definition) is 1. The summed E-state index contributed by atoms with van der Waals surface area (Å²) >= 11 is 1.82. The second kappa shape index (κ2) is 3.90. The van der Waals surface area contributed by atoms with Gasteiger partial charge in [-0.25, -0.2) is 4.98 Å². The van der Waals surface area contributed by atoms with Gasteiger partial charge in [0.25, 0.3) is 0 Å². The lowest BCUT2D eigenvalue weighted by atomic mass is 10.4. The van der Waals surface area contributed by atoms with E-state index in [2.05, 4.69) is 15.5 Å². The first-order valence-electron chi connectivity index (χ1n) is 5.46. The molecule has 2 heterocycles. The van der Waals surface area contributed by atoms with Crippen molar-refractivity contribution >= 4 is 17.2 Å². The minimum atomic E-state index is 0.740. The van der Waals surface area contributed by atoms with Crippen molar-refractivity contribution in [1.82, 2.24) is 10.1 Å². The standard InChI is InChI=1S/C11H13N3OS/c1-7-5-10(14-15-7)12-6-11-13-8-3-2-4-9(8)16-11/h5H,2-4,6H2,1H3,(H,12,14). The van der Waals surface area contributed by atoms with Crippen LogP contribution in [-0.4, -0.2) is 10.1 Å². The summed E-state index contributed by atoms with van der Waals surface area (Å²) in [4.78, 5) is 6.08. The lowest BCUT2D eigenvalue weighted by Gasteiger charge is -1.97. The van der Waals surface area contributed by atoms with Gasteiger partial charge in [0.05, 0.1) is 12.2 Å². The Kier molecular flexibility index (Phi) is 2.40. The maximum absolute atomic E-state index is 4.98. The van der Waals surface area contributed by atoms with Crippen molar-refractivity contribution in [3.8, 4) is 0 Å². The molecule has 5 heteroatoms. The van der Waals surface area contributed by atoms with Crippen molar-refractivity contribution < 1.29 is 4.52 Å². The Morgan fingerprint density at radius 1 is 1.50 bits per heavy atom. The van der Waals surface area contributed by atoms with E-state index in [1.165, 1.54) is 23.4 Å². The molecule has 0 aromatic carbocycles. The molecule has 1 aliphatic carbocycles. The molecule has 84 valence electrons. The molecule has 16 heavy (non-hydrogen) atoms. The highest BCUT2D eigenvalue weighted by molar-refractivity contribution is 7.11. The van der Waals surface area contributed by atoms with Gasteiger partial charge in [0.1, 0.15) is 10.8 Å². The largest absolute Gasteiger partial charge is 0.361 e. The van der Waals surface area contributed by atoms with Crippen molar-refractivity contribution in [3.05, 3.63) is 27.4 Å². The minimum absolute atomic E-state index is 0.740. The van der Waals surface area contributed by atoms with Gasteiger partial charge in [-0.2, -0.15) is 0 Å². The van der Waals surface area contributed by atoms with E-state index in [4.69, 9.17) is 4.52 Å². The van der Waals surface area contributed by atoms with Crippen LogP contribution in [0.4, 0.5) is 5.82 Å². The Hall–Kier alpha value is -1.36. The number of fused-ring (bicyclic) bond motifs is 1. The SMILES string of the molecule is Cc1cc(NCc2nc3c(s2)CCC3)no1. The fraction of sp³-hybridized carbons (Fsp3) is 0.455. The van der Waals surface area contributed by atoms with E-state index in [-0.39, 0.29) is 0 Å². The topological polar surface area (TPSA) is 51.0 Å². The third-order valence-electron chi connectivity index (χ3n) is 2.69. The summed E-state index contributed by atoms with van der Waals surface area (Å²) in [5, 5.41) is 8.24. The molecule has 2 aromatic rings. The summed E-state index contributed by atoms with van der Waals surface area (Å²) in [5.74, 6) is 1.61. The van der Waals surface area contributed by atoms with Crippen LogP contribution >= 0.6 is 11.3 Å². The van der Waals surface area contributed by atoms with Crippen LogP contribution in [0.15, 0.2) is 10.6 Å². The molecular weight excluding hydrogens is 222 g/mol. The van der Waals surface area contributed by atoms with Crippen LogP contribution in [0.3, 0.4) is 0 Å². The fourth-order valence-electron chi connectivity index (χ4n) is 1.94. The van der Waals surface area contributed by atoms with E-state index in [1.54, 1.807) is 0 Å². The maximum atomic E-state index is 4.98. The first-order chi connectivity index (χ1) is 7.81. The van der Waals surface area contributed by atoms with Crippen LogP contribution in [0, 0.1) is 6.92 Å². The Balaban J connectivity index is 1.66. The first kappa shape index (κ1) is 9.84. The zero-order valence-corrected chi connectivity index (χ0v) is 9.93. The highest BCUT2D eigenvalue weighted by Gasteiger charge is 2.16. The Labute approximate surface area is 97.7 Å². The van der Waals surface area contributed by atoms with E-state index in [1.807, 2.05) is 24.3 Å². The number of nitrogens with one attached hydrogen (secondary N) is 1. The number of anilines is 1. The first-order valence-corrected chi connectivity index (χ1v) is 6.27. The fourth-order valence-corrected chi connectivity index (χ4v) is 3.03. The van der Waals surface area contributed by atoms with Gasteiger partial charge in [-0.3, -0.25) is 0 Å². The summed E-state index contributed by atoms with van der Waals surface area (Å²) in [6.07, 6.45) is 3.62. The Morgan fingerprint density at radius 2 is 2.44 bits per heavy atom. The quantitative estimate of drug-likeness (QED) is 0.888. The smallest absolute Gasteiger partial charge is 0.169 e. The third kappa shape index (κ3) is 1.82. The second-order valence-corrected chi connectivity index (χ2v) is 5.18. The van der Waals surface area contributed by atoms with Gasteiger partial charge in [0, 0.05) is 10.9 Å². The van der Waals surface area contributed by atoms with Gasteiger partial charge in [-0.15, -0.1) is 11.3 Å².